The first kappa shape index (κ1) is 43.6. The van der Waals surface area contributed by atoms with Crippen LogP contribution in [0, 0.1) is 56.3 Å². The second kappa shape index (κ2) is 18.5. The fourth-order valence-corrected chi connectivity index (χ4v) is 4.03. The Morgan fingerprint density at radius 3 is 1.30 bits per heavy atom. The van der Waals surface area contributed by atoms with Crippen LogP contribution in [-0.4, -0.2) is 9.97 Å². The summed E-state index contributed by atoms with van der Waals surface area (Å²) in [6.07, 6.45) is 4.98. The van der Waals surface area contributed by atoms with E-state index < -0.39 is 0 Å². The van der Waals surface area contributed by atoms with Crippen molar-refractivity contribution < 1.29 is 14.8 Å². The number of rotatable bonds is 4. The van der Waals surface area contributed by atoms with Gasteiger partial charge in [-0.15, -0.1) is 0 Å². The van der Waals surface area contributed by atoms with Crippen molar-refractivity contribution in [3.8, 4) is 22.5 Å². The molecule has 0 fully saturated rings. The van der Waals surface area contributed by atoms with Crippen LogP contribution in [0.5, 0.6) is 0 Å². The van der Waals surface area contributed by atoms with Gasteiger partial charge in [-0.05, 0) is 89.7 Å². The molecule has 0 saturated carbocycles. The molecule has 47 heavy (non-hydrogen) atoms. The molecule has 0 bridgehead atoms. The van der Waals surface area contributed by atoms with Gasteiger partial charge in [0.2, 0.25) is 0 Å². The topological polar surface area (TPSA) is 25.8 Å². The Kier molecular flexibility index (Phi) is 17.2. The number of benzene rings is 2. The minimum atomic E-state index is 0.188. The molecular formula is C42H58BrIN2Zn. The van der Waals surface area contributed by atoms with Crippen molar-refractivity contribution in [2.45, 2.75) is 103 Å². The molecule has 2 heterocycles. The van der Waals surface area contributed by atoms with Crippen LogP contribution in [0.1, 0.15) is 97.1 Å². The number of aromatic nitrogens is 2. The van der Waals surface area contributed by atoms with Gasteiger partial charge in [0.1, 0.15) is 0 Å². The average molecular weight is 863 g/mol. The third-order valence-corrected chi connectivity index (χ3v) is 10.5. The van der Waals surface area contributed by atoms with Crippen LogP contribution >= 0.6 is 35.7 Å². The molecule has 0 aliphatic heterocycles. The molecule has 0 radical (unpaired) electrons. The summed E-state index contributed by atoms with van der Waals surface area (Å²) >= 11 is 7.07. The van der Waals surface area contributed by atoms with Crippen LogP contribution in [0.25, 0.3) is 22.5 Å². The van der Waals surface area contributed by atoms with Gasteiger partial charge in [-0.3, -0.25) is 9.97 Å². The number of nitrogens with zero attached hydrogens (tertiary/aromatic N) is 2. The summed E-state index contributed by atoms with van der Waals surface area (Å²) in [6.45, 7) is 35.1. The molecule has 0 aliphatic rings. The Morgan fingerprint density at radius 2 is 0.979 bits per heavy atom. The van der Waals surface area contributed by atoms with Crippen LogP contribution in [-0.2, 0) is 21.2 Å². The molecular weight excluding hydrogens is 805 g/mol. The average Bonchev–Trinajstić information content (AvgIpc) is 2.96. The van der Waals surface area contributed by atoms with E-state index >= 15 is 0 Å². The molecule has 0 spiro atoms. The number of hydrogen-bond donors (Lipinski definition) is 0. The molecule has 4 rings (SSSR count). The van der Waals surface area contributed by atoms with Gasteiger partial charge in [0.15, 0.2) is 0 Å². The summed E-state index contributed by atoms with van der Waals surface area (Å²) in [5, 5.41) is 0. The van der Waals surface area contributed by atoms with Crippen molar-refractivity contribution >= 4 is 35.7 Å². The van der Waals surface area contributed by atoms with Crippen molar-refractivity contribution in [1.29, 1.82) is 0 Å². The first-order valence-corrected chi connectivity index (χ1v) is 26.2. The molecule has 2 nitrogen and oxygen atoms in total. The van der Waals surface area contributed by atoms with Crippen molar-refractivity contribution in [2.75, 3.05) is 0 Å². The Labute approximate surface area is 317 Å². The van der Waals surface area contributed by atoms with Crippen molar-refractivity contribution in [3.63, 3.8) is 0 Å². The third-order valence-electron chi connectivity index (χ3n) is 9.65. The van der Waals surface area contributed by atoms with E-state index in [-0.39, 0.29) is 16.2 Å². The molecule has 2 aromatic heterocycles. The summed E-state index contributed by atoms with van der Waals surface area (Å²) in [7, 11) is 0. The van der Waals surface area contributed by atoms with Crippen LogP contribution in [0.2, 0.25) is 0 Å². The number of halogens is 2. The quantitative estimate of drug-likeness (QED) is 0.116. The van der Waals surface area contributed by atoms with Crippen molar-refractivity contribution in [3.05, 3.63) is 112 Å². The Balaban J connectivity index is 0.000000381. The summed E-state index contributed by atoms with van der Waals surface area (Å²) < 4.78 is 1.05. The van der Waals surface area contributed by atoms with Crippen LogP contribution in [0.15, 0.2) is 77.5 Å². The van der Waals surface area contributed by atoms with E-state index in [2.05, 4.69) is 211 Å². The predicted octanol–water partition coefficient (Wildman–Crippen LogP) is 13.9. The van der Waals surface area contributed by atoms with Crippen LogP contribution < -0.4 is 0 Å². The molecule has 4 aromatic rings. The van der Waals surface area contributed by atoms with Gasteiger partial charge in [-0.25, -0.2) is 0 Å². The summed E-state index contributed by atoms with van der Waals surface area (Å²) in [4.78, 5) is 9.10. The molecule has 0 amide bonds. The third kappa shape index (κ3) is 14.1. The zero-order valence-corrected chi connectivity index (χ0v) is 38.4. The van der Waals surface area contributed by atoms with E-state index in [1.165, 1.54) is 48.2 Å². The second-order valence-electron chi connectivity index (χ2n) is 16.0. The fourth-order valence-electron chi connectivity index (χ4n) is 3.81. The minimum absolute atomic E-state index is 0.188. The Bertz CT molecular complexity index is 1510. The van der Waals surface area contributed by atoms with E-state index in [9.17, 15) is 0 Å². The fraction of sp³-hybridized carbons (Fsp3) is 0.452. The van der Waals surface area contributed by atoms with Gasteiger partial charge >= 0.3 is 34.5 Å². The second-order valence-corrected chi connectivity index (χ2v) is 16.8. The van der Waals surface area contributed by atoms with Gasteiger partial charge in [0.05, 0.1) is 11.4 Å². The Hall–Kier alpha value is -1.43. The molecule has 2 aromatic carbocycles. The van der Waals surface area contributed by atoms with Gasteiger partial charge in [-0.1, -0.05) is 134 Å². The summed E-state index contributed by atoms with van der Waals surface area (Å²) in [5.41, 5.74) is 11.9. The number of hydrogen-bond acceptors (Lipinski definition) is 2. The van der Waals surface area contributed by atoms with Gasteiger partial charge < -0.3 is 6.92 Å². The van der Waals surface area contributed by atoms with Crippen LogP contribution in [0.3, 0.4) is 0 Å². The molecule has 0 atom stereocenters. The molecule has 252 valence electrons. The molecule has 0 N–H and O–H groups in total. The SMILES string of the molecule is Cc1ccc(-c2cc(C)c(Br)cn2)cc1.Cc1ccc(-c2cc(C)c(CC(C)(C)C(C)(C)C)cn2)cc1.[CH2-]C(C)(C)C(C)(C)C.[Zn+][I]. The normalized spacial score (nSPS) is 11.7. The maximum atomic E-state index is 4.71. The first-order chi connectivity index (χ1) is 21.5. The molecule has 0 unspecified atom stereocenters. The van der Waals surface area contributed by atoms with E-state index in [4.69, 9.17) is 4.98 Å². The number of aryl methyl sites for hydroxylation is 4. The van der Waals surface area contributed by atoms with Gasteiger partial charge in [0, 0.05) is 28.0 Å². The van der Waals surface area contributed by atoms with Crippen molar-refractivity contribution in [1.82, 2.24) is 9.97 Å². The number of pyridine rings is 2. The monoisotopic (exact) mass is 860 g/mol. The summed E-state index contributed by atoms with van der Waals surface area (Å²) in [6, 6.07) is 21.3. The summed E-state index contributed by atoms with van der Waals surface area (Å²) in [5.74, 6) is 0. The first-order valence-electron chi connectivity index (χ1n) is 16.4. The molecule has 0 aliphatic carbocycles. The zero-order valence-electron chi connectivity index (χ0n) is 31.7. The van der Waals surface area contributed by atoms with E-state index in [1.54, 1.807) is 0 Å². The molecule has 0 saturated heterocycles. The predicted molar refractivity (Wildman–Crippen MR) is 216 cm³/mol. The zero-order chi connectivity index (χ0) is 36.4. The molecule has 5 heteroatoms. The Morgan fingerprint density at radius 1 is 0.617 bits per heavy atom. The van der Waals surface area contributed by atoms with Gasteiger partial charge in [-0.2, -0.15) is 5.41 Å². The van der Waals surface area contributed by atoms with E-state index in [0.29, 0.717) is 5.41 Å². The maximum absolute atomic E-state index is 4.71. The standard InChI is InChI=1S/C21H29N.C13H12BrN.C8H17.HI.Zn/c1-15-8-10-17(11-9-15)19-12-16(2)18(14-22-19)13-21(6,7)20(3,4)5;1-9-3-5-11(6-4-9)13-7-10(2)12(14)8-15-13;1-7(2,3)8(4,5)6;;/h8-12,14H,13H2,1-7H3;3-8H,1-2H3;1H2,2-6H3;1H;/q;;-1;;+2/p-1. The van der Waals surface area contributed by atoms with E-state index in [1.807, 2.05) is 6.20 Å². The van der Waals surface area contributed by atoms with Crippen molar-refractivity contribution in [2.24, 2.45) is 21.7 Å². The van der Waals surface area contributed by atoms with Crippen LogP contribution in [0.4, 0.5) is 0 Å². The van der Waals surface area contributed by atoms with Gasteiger partial charge in [0.25, 0.3) is 0 Å². The van der Waals surface area contributed by atoms with E-state index in [0.717, 1.165) is 27.8 Å².